The molecule has 2 bridgehead atoms. The molecule has 0 unspecified atom stereocenters. The lowest BCUT2D eigenvalue weighted by atomic mass is 9.66. The van der Waals surface area contributed by atoms with E-state index in [-0.39, 0.29) is 33.6 Å². The summed E-state index contributed by atoms with van der Waals surface area (Å²) < 4.78 is 53.9. The quantitative estimate of drug-likeness (QED) is 0.365. The lowest BCUT2D eigenvalue weighted by Gasteiger charge is -2.37. The summed E-state index contributed by atoms with van der Waals surface area (Å²) in [5, 5.41) is 15.6. The molecular weight excluding hydrogens is 522 g/mol. The van der Waals surface area contributed by atoms with Gasteiger partial charge in [-0.15, -0.1) is 5.10 Å². The maximum absolute atomic E-state index is 14.5. The summed E-state index contributed by atoms with van der Waals surface area (Å²) in [6.45, 7) is 4.36. The molecule has 2 saturated carbocycles. The highest BCUT2D eigenvalue weighted by Crippen LogP contribution is 2.69. The second-order valence-electron chi connectivity index (χ2n) is 11.4. The molecule has 0 radical (unpaired) electrons. The van der Waals surface area contributed by atoms with Crippen LogP contribution < -0.4 is 0 Å². The smallest absolute Gasteiger partial charge is 0.199 e. The molecule has 4 aromatic rings. The van der Waals surface area contributed by atoms with Crippen LogP contribution in [0, 0.1) is 17.0 Å². The van der Waals surface area contributed by atoms with Gasteiger partial charge in [-0.25, -0.2) is 27.2 Å². The Labute approximate surface area is 224 Å². The van der Waals surface area contributed by atoms with Gasteiger partial charge < -0.3 is 0 Å². The number of rotatable bonds is 6. The largest absolute Gasteiger partial charge is 0.262 e. The maximum Gasteiger partial charge on any atom is 0.199 e. The first-order valence-electron chi connectivity index (χ1n) is 13.0. The Kier molecular flexibility index (Phi) is 5.14. The Balaban J connectivity index is 1.29. The number of nitrogens with zero attached hydrogens (tertiary/aromatic N) is 5. The van der Waals surface area contributed by atoms with E-state index in [1.54, 1.807) is 12.1 Å². The second kappa shape index (κ2) is 8.20. The van der Waals surface area contributed by atoms with Crippen molar-refractivity contribution >= 4 is 9.84 Å². The Morgan fingerprint density at radius 2 is 1.72 bits per heavy atom. The molecule has 1 aromatic carbocycles. The van der Waals surface area contributed by atoms with E-state index in [1.165, 1.54) is 18.2 Å². The van der Waals surface area contributed by atoms with Gasteiger partial charge in [0.15, 0.2) is 15.7 Å². The van der Waals surface area contributed by atoms with E-state index >= 15 is 0 Å². The molecule has 2 fully saturated rings. The summed E-state index contributed by atoms with van der Waals surface area (Å²) >= 11 is 0. The predicted octanol–water partition coefficient (Wildman–Crippen LogP) is 4.88. The van der Waals surface area contributed by atoms with Gasteiger partial charge in [0.1, 0.15) is 28.9 Å². The van der Waals surface area contributed by atoms with E-state index in [1.807, 2.05) is 12.1 Å². The molecule has 8 nitrogen and oxygen atoms in total. The van der Waals surface area contributed by atoms with E-state index in [2.05, 4.69) is 39.2 Å². The van der Waals surface area contributed by atoms with Crippen molar-refractivity contribution in [3.8, 4) is 22.8 Å². The van der Waals surface area contributed by atoms with Crippen molar-refractivity contribution in [2.24, 2.45) is 5.41 Å². The summed E-state index contributed by atoms with van der Waals surface area (Å²) in [4.78, 5) is 9.41. The number of aromatic amines is 1. The van der Waals surface area contributed by atoms with Crippen molar-refractivity contribution in [3.05, 3.63) is 76.9 Å². The van der Waals surface area contributed by atoms with Crippen molar-refractivity contribution in [2.75, 3.05) is 0 Å². The van der Waals surface area contributed by atoms with Gasteiger partial charge in [0.2, 0.25) is 0 Å². The fourth-order valence-corrected chi connectivity index (χ4v) is 8.36. The van der Waals surface area contributed by atoms with Crippen LogP contribution in [-0.4, -0.2) is 44.0 Å². The number of aromatic nitrogens is 6. The molecule has 0 aliphatic heterocycles. The molecule has 0 spiro atoms. The minimum atomic E-state index is -3.23. The monoisotopic (exact) mass is 548 g/mol. The molecule has 0 saturated heterocycles. The van der Waals surface area contributed by atoms with Gasteiger partial charge in [-0.2, -0.15) is 10.2 Å². The number of pyridine rings is 1. The van der Waals surface area contributed by atoms with Crippen LogP contribution in [0.4, 0.5) is 8.78 Å². The summed E-state index contributed by atoms with van der Waals surface area (Å²) in [7, 11) is -3.23. The van der Waals surface area contributed by atoms with Crippen molar-refractivity contribution in [1.29, 1.82) is 0 Å². The molecular formula is C28H26F2N6O2S. The summed E-state index contributed by atoms with van der Waals surface area (Å²) in [6, 6.07) is 11.2. The number of halogens is 2. The number of hydrogen-bond donors (Lipinski definition) is 1. The number of H-pyrrole nitrogens is 1. The van der Waals surface area contributed by atoms with Crippen molar-refractivity contribution in [2.45, 2.75) is 61.9 Å². The highest BCUT2D eigenvalue weighted by Gasteiger charge is 2.65. The zero-order valence-corrected chi connectivity index (χ0v) is 22.3. The fraction of sp³-hybridized carbons (Fsp3) is 0.393. The lowest BCUT2D eigenvalue weighted by Crippen LogP contribution is -2.37. The molecule has 11 heteroatoms. The molecule has 200 valence electrons. The zero-order valence-electron chi connectivity index (χ0n) is 21.4. The van der Waals surface area contributed by atoms with E-state index in [9.17, 15) is 17.2 Å². The van der Waals surface area contributed by atoms with Gasteiger partial charge in [0.25, 0.3) is 0 Å². The number of sulfone groups is 1. The first-order valence-corrected chi connectivity index (χ1v) is 14.8. The average Bonchev–Trinajstić information content (AvgIpc) is 3.58. The van der Waals surface area contributed by atoms with Crippen LogP contribution in [-0.2, 0) is 21.0 Å². The second-order valence-corrected chi connectivity index (χ2v) is 13.6. The third-order valence-corrected chi connectivity index (χ3v) is 11.1. The van der Waals surface area contributed by atoms with E-state index in [0.717, 1.165) is 29.8 Å². The van der Waals surface area contributed by atoms with Crippen molar-refractivity contribution in [3.63, 3.8) is 0 Å². The van der Waals surface area contributed by atoms with Crippen LogP contribution in [0.2, 0.25) is 0 Å². The molecule has 3 aromatic heterocycles. The topological polar surface area (TPSA) is 114 Å². The molecule has 3 aliphatic carbocycles. The Morgan fingerprint density at radius 1 is 0.974 bits per heavy atom. The third-order valence-electron chi connectivity index (χ3n) is 8.92. The highest BCUT2D eigenvalue weighted by molar-refractivity contribution is 7.91. The van der Waals surface area contributed by atoms with Crippen LogP contribution in [0.15, 0.2) is 42.5 Å². The normalized spacial score (nSPS) is 23.2. The van der Waals surface area contributed by atoms with Crippen LogP contribution in [0.3, 0.4) is 0 Å². The molecule has 3 aliphatic rings. The van der Waals surface area contributed by atoms with Gasteiger partial charge in [0, 0.05) is 0 Å². The van der Waals surface area contributed by atoms with Gasteiger partial charge in [0.05, 0.1) is 33.3 Å². The van der Waals surface area contributed by atoms with Crippen LogP contribution >= 0.6 is 0 Å². The van der Waals surface area contributed by atoms with Gasteiger partial charge in [-0.3, -0.25) is 5.10 Å². The molecule has 7 rings (SSSR count). The van der Waals surface area contributed by atoms with Gasteiger partial charge in [-0.1, -0.05) is 26.0 Å². The summed E-state index contributed by atoms with van der Waals surface area (Å²) in [5.74, 6) is -0.774. The van der Waals surface area contributed by atoms with Crippen molar-refractivity contribution < 1.29 is 17.2 Å². The number of fused-ring (bicyclic) bond motifs is 5. The van der Waals surface area contributed by atoms with Crippen LogP contribution in [0.1, 0.15) is 68.2 Å². The molecule has 2 atom stereocenters. The molecule has 39 heavy (non-hydrogen) atoms. The van der Waals surface area contributed by atoms with Crippen LogP contribution in [0.25, 0.3) is 22.8 Å². The van der Waals surface area contributed by atoms with E-state index in [0.29, 0.717) is 30.2 Å². The first kappa shape index (κ1) is 24.4. The molecule has 1 N–H and O–H groups in total. The predicted molar refractivity (Wildman–Crippen MR) is 139 cm³/mol. The Hall–Kier alpha value is -3.60. The standard InChI is InChI=1S/C28H26F2N6O2S/c1-27(2)17-11-12-28(27,25-16(17)13-21(33-35-25)24-18(29)5-3-6-19(24)30)22-8-4-7-20(31-22)26-32-23(34-36-26)14-39(37,38)15-9-10-15/h3-8,13,15,17H,9-12,14H2,1-2H3,(H,32,34,36)/t17-,28+/m0/s1. The number of benzene rings is 1. The maximum atomic E-state index is 14.5. The SMILES string of the molecule is CC1(C)[C@H]2CC[C@@]1(c1cccc(-c3n[nH]c(CS(=O)(=O)C4CC4)n3)n1)c1nnc(-c3c(F)cccc3F)cc12. The number of nitrogens with one attached hydrogen (secondary N) is 1. The zero-order chi connectivity index (χ0) is 27.2. The van der Waals surface area contributed by atoms with E-state index in [4.69, 9.17) is 4.98 Å². The Bertz CT molecular complexity index is 1730. The lowest BCUT2D eigenvalue weighted by molar-refractivity contribution is 0.243. The summed E-state index contributed by atoms with van der Waals surface area (Å²) in [5.41, 5.74) is 2.20. The fourth-order valence-electron chi connectivity index (χ4n) is 6.76. The minimum Gasteiger partial charge on any atom is -0.262 e. The van der Waals surface area contributed by atoms with Crippen LogP contribution in [0.5, 0.6) is 0 Å². The first-order chi connectivity index (χ1) is 18.6. The van der Waals surface area contributed by atoms with Crippen molar-refractivity contribution in [1.82, 2.24) is 30.4 Å². The third kappa shape index (κ3) is 3.51. The van der Waals surface area contributed by atoms with Gasteiger partial charge in [-0.05, 0) is 72.9 Å². The molecule has 3 heterocycles. The minimum absolute atomic E-state index is 0.116. The Morgan fingerprint density at radius 3 is 2.46 bits per heavy atom. The summed E-state index contributed by atoms with van der Waals surface area (Å²) in [6.07, 6.45) is 3.08. The molecule has 0 amide bonds. The highest BCUT2D eigenvalue weighted by atomic mass is 32.2. The number of hydrogen-bond acceptors (Lipinski definition) is 7. The van der Waals surface area contributed by atoms with E-state index < -0.39 is 26.9 Å². The van der Waals surface area contributed by atoms with Gasteiger partial charge >= 0.3 is 0 Å². The average molecular weight is 549 g/mol.